The smallest absolute Gasteiger partial charge is 0.224 e. The van der Waals surface area contributed by atoms with E-state index >= 15 is 0 Å². The van der Waals surface area contributed by atoms with Gasteiger partial charge in [0.05, 0.1) is 10.9 Å². The fourth-order valence-electron chi connectivity index (χ4n) is 2.02. The minimum atomic E-state index is 0.0403. The SMILES string of the molecule is CCN(Cc1ccc(Cl)s1)C(=O)CC(N)C1CC1. The molecule has 0 bridgehead atoms. The molecule has 1 unspecified atom stereocenters. The van der Waals surface area contributed by atoms with Gasteiger partial charge in [0, 0.05) is 23.9 Å². The third-order valence-electron chi connectivity index (χ3n) is 3.35. The van der Waals surface area contributed by atoms with Gasteiger partial charge in [0.1, 0.15) is 0 Å². The number of hydrogen-bond acceptors (Lipinski definition) is 3. The lowest BCUT2D eigenvalue weighted by atomic mass is 10.1. The van der Waals surface area contributed by atoms with Crippen molar-refractivity contribution in [2.45, 2.75) is 38.8 Å². The Morgan fingerprint density at radius 1 is 1.61 bits per heavy atom. The van der Waals surface area contributed by atoms with E-state index in [-0.39, 0.29) is 11.9 Å². The second-order valence-electron chi connectivity index (χ2n) is 4.82. The Balaban J connectivity index is 1.88. The van der Waals surface area contributed by atoms with Crippen LogP contribution in [0.25, 0.3) is 0 Å². The molecule has 5 heteroatoms. The Morgan fingerprint density at radius 3 is 2.83 bits per heavy atom. The quantitative estimate of drug-likeness (QED) is 0.874. The second kappa shape index (κ2) is 6.04. The monoisotopic (exact) mass is 286 g/mol. The fourth-order valence-corrected chi connectivity index (χ4v) is 3.13. The molecule has 0 aliphatic heterocycles. The first-order valence-electron chi connectivity index (χ1n) is 6.37. The van der Waals surface area contributed by atoms with Crippen LogP contribution in [0.2, 0.25) is 4.34 Å². The second-order valence-corrected chi connectivity index (χ2v) is 6.62. The Morgan fingerprint density at radius 2 is 2.33 bits per heavy atom. The zero-order chi connectivity index (χ0) is 13.1. The van der Waals surface area contributed by atoms with Crippen molar-refractivity contribution in [3.63, 3.8) is 0 Å². The molecule has 1 fully saturated rings. The fraction of sp³-hybridized carbons (Fsp3) is 0.615. The van der Waals surface area contributed by atoms with E-state index in [1.54, 1.807) is 0 Å². The van der Waals surface area contributed by atoms with Crippen molar-refractivity contribution in [1.29, 1.82) is 0 Å². The number of halogens is 1. The van der Waals surface area contributed by atoms with Crippen molar-refractivity contribution in [2.75, 3.05) is 6.54 Å². The highest BCUT2D eigenvalue weighted by atomic mass is 35.5. The van der Waals surface area contributed by atoms with Crippen LogP contribution in [0.3, 0.4) is 0 Å². The maximum absolute atomic E-state index is 12.1. The molecule has 1 amide bonds. The molecule has 0 radical (unpaired) electrons. The van der Waals surface area contributed by atoms with Gasteiger partial charge in [-0.2, -0.15) is 0 Å². The number of nitrogens with zero attached hydrogens (tertiary/aromatic N) is 1. The highest BCUT2D eigenvalue weighted by Gasteiger charge is 2.30. The van der Waals surface area contributed by atoms with Crippen LogP contribution >= 0.6 is 22.9 Å². The summed E-state index contributed by atoms with van der Waals surface area (Å²) >= 11 is 7.42. The molecular weight excluding hydrogens is 268 g/mol. The highest BCUT2D eigenvalue weighted by molar-refractivity contribution is 7.16. The summed E-state index contributed by atoms with van der Waals surface area (Å²) in [6, 6.07) is 3.89. The van der Waals surface area contributed by atoms with Gasteiger partial charge in [-0.25, -0.2) is 0 Å². The van der Waals surface area contributed by atoms with Gasteiger partial charge in [-0.1, -0.05) is 11.6 Å². The first-order valence-corrected chi connectivity index (χ1v) is 7.57. The van der Waals surface area contributed by atoms with Crippen LogP contribution in [0.4, 0.5) is 0 Å². The number of carbonyl (C=O) groups excluding carboxylic acids is 1. The predicted molar refractivity (Wildman–Crippen MR) is 75.7 cm³/mol. The van der Waals surface area contributed by atoms with E-state index in [4.69, 9.17) is 17.3 Å². The summed E-state index contributed by atoms with van der Waals surface area (Å²) in [6.07, 6.45) is 2.83. The molecular formula is C13H19ClN2OS. The topological polar surface area (TPSA) is 46.3 Å². The first-order chi connectivity index (χ1) is 8.60. The Bertz CT molecular complexity index is 417. The van der Waals surface area contributed by atoms with Gasteiger partial charge in [0.25, 0.3) is 0 Å². The third kappa shape index (κ3) is 3.70. The van der Waals surface area contributed by atoms with Gasteiger partial charge in [0.15, 0.2) is 0 Å². The van der Waals surface area contributed by atoms with Crippen LogP contribution in [0.1, 0.15) is 31.1 Å². The molecule has 1 aromatic rings. The molecule has 100 valence electrons. The average Bonchev–Trinajstić information content (AvgIpc) is 3.10. The van der Waals surface area contributed by atoms with E-state index in [2.05, 4.69) is 0 Å². The molecule has 1 heterocycles. The predicted octanol–water partition coefficient (Wildman–Crippen LogP) is 2.88. The van der Waals surface area contributed by atoms with Crippen LogP contribution in [-0.4, -0.2) is 23.4 Å². The van der Waals surface area contributed by atoms with Crippen molar-refractivity contribution in [2.24, 2.45) is 11.7 Å². The molecule has 2 N–H and O–H groups in total. The van der Waals surface area contributed by atoms with Gasteiger partial charge in [0.2, 0.25) is 5.91 Å². The van der Waals surface area contributed by atoms with Crippen molar-refractivity contribution in [3.8, 4) is 0 Å². The number of rotatable bonds is 6. The number of amides is 1. The molecule has 0 spiro atoms. The van der Waals surface area contributed by atoms with E-state index in [1.807, 2.05) is 24.0 Å². The maximum Gasteiger partial charge on any atom is 0.224 e. The molecule has 1 aliphatic rings. The normalized spacial score (nSPS) is 16.6. The summed E-state index contributed by atoms with van der Waals surface area (Å²) in [5.41, 5.74) is 6.00. The molecule has 18 heavy (non-hydrogen) atoms. The number of thiophene rings is 1. The van der Waals surface area contributed by atoms with Gasteiger partial charge in [-0.15, -0.1) is 11.3 Å². The van der Waals surface area contributed by atoms with Gasteiger partial charge in [-0.3, -0.25) is 4.79 Å². The highest BCUT2D eigenvalue weighted by Crippen LogP contribution is 2.33. The summed E-state index contributed by atoms with van der Waals surface area (Å²) in [6.45, 7) is 3.35. The molecule has 1 aliphatic carbocycles. The molecule has 3 nitrogen and oxygen atoms in total. The van der Waals surface area contributed by atoms with Gasteiger partial charge < -0.3 is 10.6 Å². The summed E-state index contributed by atoms with van der Waals surface area (Å²) in [5, 5.41) is 0. The van der Waals surface area contributed by atoms with E-state index in [9.17, 15) is 4.79 Å². The van der Waals surface area contributed by atoms with Crippen molar-refractivity contribution in [3.05, 3.63) is 21.3 Å². The van der Waals surface area contributed by atoms with Crippen molar-refractivity contribution < 1.29 is 4.79 Å². The molecule has 2 rings (SSSR count). The van der Waals surface area contributed by atoms with E-state index in [0.29, 0.717) is 25.4 Å². The van der Waals surface area contributed by atoms with Crippen LogP contribution in [-0.2, 0) is 11.3 Å². The largest absolute Gasteiger partial charge is 0.338 e. The lowest BCUT2D eigenvalue weighted by Gasteiger charge is -2.22. The standard InChI is InChI=1S/C13H19ClN2OS/c1-2-16(8-10-5-6-12(14)18-10)13(17)7-11(15)9-3-4-9/h5-6,9,11H,2-4,7-8,15H2,1H3. The average molecular weight is 287 g/mol. The number of carbonyl (C=O) groups is 1. The zero-order valence-electron chi connectivity index (χ0n) is 10.6. The van der Waals surface area contributed by atoms with E-state index in [0.717, 1.165) is 9.21 Å². The van der Waals surface area contributed by atoms with Crippen LogP contribution in [0.15, 0.2) is 12.1 Å². The summed E-state index contributed by atoms with van der Waals surface area (Å²) < 4.78 is 0.767. The number of hydrogen-bond donors (Lipinski definition) is 1. The van der Waals surface area contributed by atoms with Crippen LogP contribution in [0.5, 0.6) is 0 Å². The lowest BCUT2D eigenvalue weighted by molar-refractivity contribution is -0.132. The van der Waals surface area contributed by atoms with Gasteiger partial charge in [-0.05, 0) is 37.8 Å². The molecule has 1 saturated carbocycles. The van der Waals surface area contributed by atoms with Crippen molar-refractivity contribution in [1.82, 2.24) is 4.90 Å². The van der Waals surface area contributed by atoms with E-state index < -0.39 is 0 Å². The van der Waals surface area contributed by atoms with Crippen LogP contribution in [0, 0.1) is 5.92 Å². The molecule has 1 aromatic heterocycles. The van der Waals surface area contributed by atoms with Crippen LogP contribution < -0.4 is 5.73 Å². The maximum atomic E-state index is 12.1. The van der Waals surface area contributed by atoms with Crippen molar-refractivity contribution >= 4 is 28.8 Å². The minimum Gasteiger partial charge on any atom is -0.338 e. The minimum absolute atomic E-state index is 0.0403. The Hall–Kier alpha value is -0.580. The molecule has 0 aromatic carbocycles. The third-order valence-corrected chi connectivity index (χ3v) is 4.56. The van der Waals surface area contributed by atoms with Gasteiger partial charge >= 0.3 is 0 Å². The summed E-state index contributed by atoms with van der Waals surface area (Å²) in [7, 11) is 0. The zero-order valence-corrected chi connectivity index (χ0v) is 12.1. The summed E-state index contributed by atoms with van der Waals surface area (Å²) in [4.78, 5) is 15.1. The van der Waals surface area contributed by atoms with E-state index in [1.165, 1.54) is 24.2 Å². The Kier molecular flexibility index (Phi) is 4.65. The first kappa shape index (κ1) is 13.8. The number of nitrogens with two attached hydrogens (primary N) is 1. The lowest BCUT2D eigenvalue weighted by Crippen LogP contribution is -2.36. The Labute approximate surface area is 117 Å². The summed E-state index contributed by atoms with van der Waals surface area (Å²) in [5.74, 6) is 0.727. The molecule has 1 atom stereocenters. The molecule has 0 saturated heterocycles.